The molecule has 0 aliphatic carbocycles. The van der Waals surface area contributed by atoms with Crippen molar-refractivity contribution in [1.82, 2.24) is 14.9 Å². The summed E-state index contributed by atoms with van der Waals surface area (Å²) in [5.41, 5.74) is 5.67. The standard InChI is InChI=1S/C32H31Cl2N3O5/c1-2-14-40-32(39)35-17-22-4-3-5-26(15-22)23-10-12-25(13-11-23)31-41-27(18-37-20-36-29(33)30(37)34)16-28(42-31)24-8-6-21(19-38)7-9-24/h2-13,15,20,27-28,31,38H,1,14,16-19H2,(H,35,39). The summed E-state index contributed by atoms with van der Waals surface area (Å²) in [7, 11) is 0. The first-order chi connectivity index (χ1) is 20.4. The second-order valence-corrected chi connectivity index (χ2v) is 10.6. The van der Waals surface area contributed by atoms with Crippen molar-refractivity contribution >= 4 is 29.3 Å². The number of aliphatic hydroxyl groups excluding tert-OH is 1. The minimum Gasteiger partial charge on any atom is -0.445 e. The molecule has 3 unspecified atom stereocenters. The normalized spacial score (nSPS) is 18.4. The first kappa shape index (κ1) is 29.8. The maximum atomic E-state index is 11.8. The molecule has 3 atom stereocenters. The molecule has 1 aromatic heterocycles. The summed E-state index contributed by atoms with van der Waals surface area (Å²) in [4.78, 5) is 15.9. The lowest BCUT2D eigenvalue weighted by Crippen LogP contribution is -2.32. The van der Waals surface area contributed by atoms with Crippen LogP contribution in [0.5, 0.6) is 0 Å². The van der Waals surface area contributed by atoms with Crippen molar-refractivity contribution < 1.29 is 24.1 Å². The van der Waals surface area contributed by atoms with Gasteiger partial charge in [-0.1, -0.05) is 103 Å². The summed E-state index contributed by atoms with van der Waals surface area (Å²) in [6.07, 6.45) is 2.16. The fourth-order valence-electron chi connectivity index (χ4n) is 4.78. The van der Waals surface area contributed by atoms with Crippen LogP contribution < -0.4 is 5.32 Å². The number of aromatic nitrogens is 2. The van der Waals surface area contributed by atoms with E-state index in [0.717, 1.165) is 33.4 Å². The molecule has 0 bridgehead atoms. The molecule has 42 heavy (non-hydrogen) atoms. The highest BCUT2D eigenvalue weighted by atomic mass is 35.5. The Bertz CT molecular complexity index is 1510. The minimum atomic E-state index is -0.616. The van der Waals surface area contributed by atoms with E-state index < -0.39 is 12.4 Å². The number of carbonyl (C=O) groups is 1. The first-order valence-corrected chi connectivity index (χ1v) is 14.3. The largest absolute Gasteiger partial charge is 0.445 e. The third-order valence-electron chi connectivity index (χ3n) is 6.96. The number of rotatable bonds is 10. The molecule has 0 saturated carbocycles. The van der Waals surface area contributed by atoms with E-state index in [0.29, 0.717) is 24.7 Å². The van der Waals surface area contributed by atoms with E-state index in [2.05, 4.69) is 16.9 Å². The van der Waals surface area contributed by atoms with Gasteiger partial charge in [0.15, 0.2) is 11.4 Å². The monoisotopic (exact) mass is 607 g/mol. The molecule has 2 heterocycles. The number of halogens is 2. The van der Waals surface area contributed by atoms with Gasteiger partial charge in [-0.2, -0.15) is 0 Å². The number of aliphatic hydroxyl groups is 1. The third kappa shape index (κ3) is 7.40. The van der Waals surface area contributed by atoms with Crippen LogP contribution in [-0.2, 0) is 33.9 Å². The quantitative estimate of drug-likeness (QED) is 0.188. The Hall–Kier alpha value is -3.66. The molecule has 1 saturated heterocycles. The fourth-order valence-corrected chi connectivity index (χ4v) is 5.09. The number of ether oxygens (including phenoxy) is 3. The number of alkyl carbamates (subject to hydrolysis) is 1. The maximum absolute atomic E-state index is 11.8. The summed E-state index contributed by atoms with van der Waals surface area (Å²) in [6.45, 7) is 4.49. The second kappa shape index (κ2) is 14.0. The van der Waals surface area contributed by atoms with Crippen molar-refractivity contribution in [2.45, 2.75) is 44.6 Å². The molecule has 0 radical (unpaired) electrons. The number of hydrogen-bond acceptors (Lipinski definition) is 6. The van der Waals surface area contributed by atoms with Gasteiger partial charge in [0.25, 0.3) is 0 Å². The van der Waals surface area contributed by atoms with Gasteiger partial charge < -0.3 is 29.2 Å². The molecule has 1 aliphatic heterocycles. The topological polar surface area (TPSA) is 94.8 Å². The van der Waals surface area contributed by atoms with E-state index in [9.17, 15) is 9.90 Å². The molecular weight excluding hydrogens is 577 g/mol. The maximum Gasteiger partial charge on any atom is 0.407 e. The summed E-state index contributed by atoms with van der Waals surface area (Å²) >= 11 is 12.4. The van der Waals surface area contributed by atoms with E-state index >= 15 is 0 Å². The third-order valence-corrected chi connectivity index (χ3v) is 7.73. The van der Waals surface area contributed by atoms with Gasteiger partial charge in [0, 0.05) is 18.5 Å². The van der Waals surface area contributed by atoms with Gasteiger partial charge in [0.05, 0.1) is 31.7 Å². The predicted molar refractivity (Wildman–Crippen MR) is 161 cm³/mol. The number of carbonyl (C=O) groups excluding carboxylic acids is 1. The Balaban J connectivity index is 1.32. The Morgan fingerprint density at radius 3 is 2.50 bits per heavy atom. The van der Waals surface area contributed by atoms with Gasteiger partial charge in [0.2, 0.25) is 0 Å². The van der Waals surface area contributed by atoms with Gasteiger partial charge >= 0.3 is 6.09 Å². The average molecular weight is 609 g/mol. The molecule has 5 rings (SSSR count). The summed E-state index contributed by atoms with van der Waals surface area (Å²) in [6, 6.07) is 23.7. The van der Waals surface area contributed by atoms with E-state index in [1.165, 1.54) is 6.08 Å². The van der Waals surface area contributed by atoms with Gasteiger partial charge in [-0.15, -0.1) is 0 Å². The van der Waals surface area contributed by atoms with E-state index in [1.807, 2.05) is 72.8 Å². The predicted octanol–water partition coefficient (Wildman–Crippen LogP) is 7.01. The number of hydrogen-bond donors (Lipinski definition) is 2. The van der Waals surface area contributed by atoms with E-state index in [-0.39, 0.29) is 30.6 Å². The zero-order valence-corrected chi connectivity index (χ0v) is 24.3. The molecule has 0 spiro atoms. The summed E-state index contributed by atoms with van der Waals surface area (Å²) in [5.74, 6) is 0. The van der Waals surface area contributed by atoms with Gasteiger partial charge in [0.1, 0.15) is 11.8 Å². The molecule has 1 amide bonds. The average Bonchev–Trinajstić information content (AvgIpc) is 3.35. The molecule has 4 aromatic rings. The number of nitrogens with zero attached hydrogens (tertiary/aromatic N) is 2. The molecule has 218 valence electrons. The zero-order valence-electron chi connectivity index (χ0n) is 22.8. The SMILES string of the molecule is C=CCOC(=O)NCc1cccc(-c2ccc(C3OC(Cn4cnc(Cl)c4Cl)CC(c4ccc(CO)cc4)O3)cc2)c1. The lowest BCUT2D eigenvalue weighted by molar-refractivity contribution is -0.252. The highest BCUT2D eigenvalue weighted by Gasteiger charge is 2.33. The molecule has 3 aromatic carbocycles. The Morgan fingerprint density at radius 2 is 1.81 bits per heavy atom. The molecule has 2 N–H and O–H groups in total. The van der Waals surface area contributed by atoms with Crippen LogP contribution in [0.25, 0.3) is 11.1 Å². The van der Waals surface area contributed by atoms with Crippen LogP contribution in [0.4, 0.5) is 4.79 Å². The highest BCUT2D eigenvalue weighted by Crippen LogP contribution is 2.39. The van der Waals surface area contributed by atoms with Crippen LogP contribution >= 0.6 is 23.2 Å². The Kier molecular flexibility index (Phi) is 9.94. The molecule has 1 aliphatic rings. The zero-order chi connectivity index (χ0) is 29.5. The lowest BCUT2D eigenvalue weighted by Gasteiger charge is -2.36. The van der Waals surface area contributed by atoms with Crippen LogP contribution in [0, 0.1) is 0 Å². The van der Waals surface area contributed by atoms with Crippen LogP contribution in [0.1, 0.15) is 41.1 Å². The second-order valence-electron chi connectivity index (χ2n) is 9.89. The molecular formula is C32H31Cl2N3O5. The summed E-state index contributed by atoms with van der Waals surface area (Å²) in [5, 5.41) is 12.8. The number of imidazole rings is 1. The van der Waals surface area contributed by atoms with Crippen molar-refractivity contribution in [2.75, 3.05) is 6.61 Å². The van der Waals surface area contributed by atoms with Crippen LogP contribution in [0.2, 0.25) is 10.3 Å². The number of benzene rings is 3. The van der Waals surface area contributed by atoms with E-state index in [1.54, 1.807) is 10.9 Å². The van der Waals surface area contributed by atoms with Crippen molar-refractivity contribution in [3.8, 4) is 11.1 Å². The number of nitrogens with one attached hydrogen (secondary N) is 1. The Labute approximate surface area is 254 Å². The minimum absolute atomic E-state index is 0.0197. The van der Waals surface area contributed by atoms with Crippen LogP contribution in [0.3, 0.4) is 0 Å². The summed E-state index contributed by atoms with van der Waals surface area (Å²) < 4.78 is 19.6. The van der Waals surface area contributed by atoms with Gasteiger partial charge in [-0.3, -0.25) is 0 Å². The van der Waals surface area contributed by atoms with Crippen molar-refractivity contribution in [2.24, 2.45) is 0 Å². The van der Waals surface area contributed by atoms with Gasteiger partial charge in [-0.05, 0) is 33.9 Å². The molecule has 1 fully saturated rings. The van der Waals surface area contributed by atoms with Crippen molar-refractivity contribution in [3.05, 3.63) is 124 Å². The number of amides is 1. The highest BCUT2D eigenvalue weighted by molar-refractivity contribution is 6.40. The molecule has 8 nitrogen and oxygen atoms in total. The van der Waals surface area contributed by atoms with Crippen LogP contribution in [-0.4, -0.2) is 33.5 Å². The van der Waals surface area contributed by atoms with Crippen molar-refractivity contribution in [3.63, 3.8) is 0 Å². The molecule has 10 heteroatoms. The Morgan fingerprint density at radius 1 is 1.05 bits per heavy atom. The van der Waals surface area contributed by atoms with Gasteiger partial charge in [-0.25, -0.2) is 9.78 Å². The fraction of sp³-hybridized carbons (Fsp3) is 0.250. The van der Waals surface area contributed by atoms with E-state index in [4.69, 9.17) is 37.4 Å². The van der Waals surface area contributed by atoms with Crippen LogP contribution in [0.15, 0.2) is 91.8 Å². The first-order valence-electron chi connectivity index (χ1n) is 13.5. The lowest BCUT2D eigenvalue weighted by atomic mass is 9.99. The smallest absolute Gasteiger partial charge is 0.407 e. The van der Waals surface area contributed by atoms with Crippen molar-refractivity contribution in [1.29, 1.82) is 0 Å².